The molecule has 0 atom stereocenters. The fraction of sp³-hybridized carbons (Fsp3) is 0.238. The van der Waals surface area contributed by atoms with Gasteiger partial charge < -0.3 is 19.8 Å². The fourth-order valence-electron chi connectivity index (χ4n) is 3.20. The molecule has 3 aromatic rings. The molecule has 0 saturated carbocycles. The molecule has 0 unspecified atom stereocenters. The number of nitrogens with zero attached hydrogens (tertiary/aromatic N) is 2. The van der Waals surface area contributed by atoms with Crippen LogP contribution in [0.4, 0.5) is 0 Å². The Bertz CT molecular complexity index is 1070. The van der Waals surface area contributed by atoms with E-state index in [4.69, 9.17) is 15.2 Å². The highest BCUT2D eigenvalue weighted by Gasteiger charge is 2.27. The molecule has 2 heterocycles. The van der Waals surface area contributed by atoms with E-state index in [0.717, 1.165) is 5.56 Å². The molecule has 29 heavy (non-hydrogen) atoms. The molecular weight excluding hydrogens is 374 g/mol. The summed E-state index contributed by atoms with van der Waals surface area (Å²) in [6.45, 7) is 3.74. The quantitative estimate of drug-likeness (QED) is 0.355. The molecule has 8 nitrogen and oxygen atoms in total. The van der Waals surface area contributed by atoms with Gasteiger partial charge in [0, 0.05) is 18.4 Å². The summed E-state index contributed by atoms with van der Waals surface area (Å²) in [7, 11) is 0. The van der Waals surface area contributed by atoms with Gasteiger partial charge in [-0.1, -0.05) is 30.3 Å². The van der Waals surface area contributed by atoms with Crippen LogP contribution in [0.2, 0.25) is 0 Å². The number of nitrogens with two attached hydrogens (primary N) is 1. The van der Waals surface area contributed by atoms with Crippen molar-refractivity contribution in [2.24, 2.45) is 5.73 Å². The summed E-state index contributed by atoms with van der Waals surface area (Å²) in [6.07, 6.45) is 1.52. The topological polar surface area (TPSA) is 114 Å². The van der Waals surface area contributed by atoms with E-state index in [1.807, 2.05) is 34.9 Å². The third-order valence-corrected chi connectivity index (χ3v) is 4.47. The lowest BCUT2D eigenvalue weighted by molar-refractivity contribution is -0.145. The molecule has 0 saturated heterocycles. The first-order valence-corrected chi connectivity index (χ1v) is 9.08. The number of hydrogen-bond acceptors (Lipinski definition) is 6. The van der Waals surface area contributed by atoms with Crippen LogP contribution in [0.1, 0.15) is 28.5 Å². The van der Waals surface area contributed by atoms with Crippen LogP contribution in [-0.4, -0.2) is 40.4 Å². The standard InChI is InChI=1S/C21H21N3O5/c1-3-28-16(25)12-29-21-18-15(9-10-23-21)24(11-14-7-5-4-6-8-14)13(2)17(18)19(26)20(22)27/h4-10H,3,11-12H2,1-2H3,(H2,22,27). The third-order valence-electron chi connectivity index (χ3n) is 4.47. The second kappa shape index (κ2) is 8.55. The molecule has 1 amide bonds. The van der Waals surface area contributed by atoms with Crippen molar-refractivity contribution in [1.29, 1.82) is 0 Å². The second-order valence-electron chi connectivity index (χ2n) is 6.33. The van der Waals surface area contributed by atoms with E-state index in [9.17, 15) is 14.4 Å². The first-order chi connectivity index (χ1) is 13.9. The maximum Gasteiger partial charge on any atom is 0.344 e. The zero-order chi connectivity index (χ0) is 21.0. The number of aromatic nitrogens is 2. The minimum Gasteiger partial charge on any atom is -0.465 e. The number of ketones is 1. The lowest BCUT2D eigenvalue weighted by atomic mass is 10.1. The van der Waals surface area contributed by atoms with Crippen LogP contribution in [0.15, 0.2) is 42.6 Å². The predicted octanol–water partition coefficient (Wildman–Crippen LogP) is 2.00. The van der Waals surface area contributed by atoms with E-state index in [2.05, 4.69) is 4.98 Å². The molecule has 0 aliphatic heterocycles. The van der Waals surface area contributed by atoms with Crippen molar-refractivity contribution in [1.82, 2.24) is 9.55 Å². The number of benzene rings is 1. The number of fused-ring (bicyclic) bond motifs is 1. The smallest absolute Gasteiger partial charge is 0.344 e. The summed E-state index contributed by atoms with van der Waals surface area (Å²) in [5.41, 5.74) is 7.60. The third kappa shape index (κ3) is 4.11. The molecule has 0 fully saturated rings. The zero-order valence-electron chi connectivity index (χ0n) is 16.2. The summed E-state index contributed by atoms with van der Waals surface area (Å²) >= 11 is 0. The van der Waals surface area contributed by atoms with Crippen LogP contribution in [-0.2, 0) is 20.9 Å². The number of rotatable bonds is 8. The summed E-state index contributed by atoms with van der Waals surface area (Å²) in [5, 5.41) is 0.342. The molecule has 0 spiro atoms. The molecule has 3 rings (SSSR count). The van der Waals surface area contributed by atoms with Crippen LogP contribution in [0.25, 0.3) is 10.9 Å². The number of amides is 1. The Morgan fingerprint density at radius 1 is 1.14 bits per heavy atom. The Morgan fingerprint density at radius 3 is 2.52 bits per heavy atom. The lowest BCUT2D eigenvalue weighted by Gasteiger charge is -2.09. The highest BCUT2D eigenvalue weighted by atomic mass is 16.6. The van der Waals surface area contributed by atoms with Gasteiger partial charge in [-0.2, -0.15) is 0 Å². The van der Waals surface area contributed by atoms with Gasteiger partial charge in [0.2, 0.25) is 5.88 Å². The average molecular weight is 395 g/mol. The van der Waals surface area contributed by atoms with Gasteiger partial charge in [-0.25, -0.2) is 9.78 Å². The van der Waals surface area contributed by atoms with Crippen LogP contribution >= 0.6 is 0 Å². The van der Waals surface area contributed by atoms with Gasteiger partial charge in [0.1, 0.15) is 0 Å². The van der Waals surface area contributed by atoms with E-state index >= 15 is 0 Å². The Labute approximate surface area is 167 Å². The van der Waals surface area contributed by atoms with Crippen molar-refractivity contribution in [2.75, 3.05) is 13.2 Å². The summed E-state index contributed by atoms with van der Waals surface area (Å²) in [5.74, 6) is -2.41. The van der Waals surface area contributed by atoms with Gasteiger partial charge in [-0.3, -0.25) is 9.59 Å². The van der Waals surface area contributed by atoms with E-state index in [1.54, 1.807) is 19.9 Å². The van der Waals surface area contributed by atoms with Gasteiger partial charge in [0.25, 0.3) is 11.7 Å². The van der Waals surface area contributed by atoms with Gasteiger partial charge in [0.15, 0.2) is 6.61 Å². The molecule has 0 aliphatic carbocycles. The van der Waals surface area contributed by atoms with Crippen LogP contribution in [0, 0.1) is 6.92 Å². The van der Waals surface area contributed by atoms with E-state index in [-0.39, 0.29) is 24.7 Å². The Hall–Kier alpha value is -3.68. The number of Topliss-reactive ketones (excluding diaryl/α,β-unsaturated/α-hetero) is 1. The highest BCUT2D eigenvalue weighted by Crippen LogP contribution is 2.33. The van der Waals surface area contributed by atoms with Crippen molar-refractivity contribution >= 4 is 28.6 Å². The monoisotopic (exact) mass is 395 g/mol. The SMILES string of the molecule is CCOC(=O)COc1nccc2c1c(C(=O)C(N)=O)c(C)n2Cc1ccccc1. The molecule has 2 N–H and O–H groups in total. The van der Waals surface area contributed by atoms with Crippen molar-refractivity contribution in [3.63, 3.8) is 0 Å². The number of carbonyl (C=O) groups excluding carboxylic acids is 3. The molecule has 150 valence electrons. The largest absolute Gasteiger partial charge is 0.465 e. The van der Waals surface area contributed by atoms with Crippen molar-refractivity contribution in [3.8, 4) is 5.88 Å². The Morgan fingerprint density at radius 2 is 1.86 bits per heavy atom. The Balaban J connectivity index is 2.14. The summed E-state index contributed by atoms with van der Waals surface area (Å²) in [6, 6.07) is 11.4. The second-order valence-corrected chi connectivity index (χ2v) is 6.33. The number of esters is 1. The minimum atomic E-state index is -1.08. The normalized spacial score (nSPS) is 10.7. The molecule has 0 radical (unpaired) electrons. The van der Waals surface area contributed by atoms with E-state index < -0.39 is 17.7 Å². The first-order valence-electron chi connectivity index (χ1n) is 9.08. The number of hydrogen-bond donors (Lipinski definition) is 1. The maximum absolute atomic E-state index is 12.6. The average Bonchev–Trinajstić information content (AvgIpc) is 2.99. The van der Waals surface area contributed by atoms with Crippen LogP contribution < -0.4 is 10.5 Å². The molecule has 0 bridgehead atoms. The number of primary amides is 1. The number of ether oxygens (including phenoxy) is 2. The molecule has 0 aliphatic rings. The zero-order valence-corrected chi connectivity index (χ0v) is 16.2. The van der Waals surface area contributed by atoms with Crippen molar-refractivity contribution in [2.45, 2.75) is 20.4 Å². The first kappa shape index (κ1) is 20.1. The predicted molar refractivity (Wildman–Crippen MR) is 106 cm³/mol. The molecule has 2 aromatic heterocycles. The summed E-state index contributed by atoms with van der Waals surface area (Å²) in [4.78, 5) is 40.1. The van der Waals surface area contributed by atoms with Gasteiger partial charge in [0.05, 0.1) is 23.1 Å². The van der Waals surface area contributed by atoms with Crippen LogP contribution in [0.3, 0.4) is 0 Å². The van der Waals surface area contributed by atoms with Crippen molar-refractivity contribution < 1.29 is 23.9 Å². The fourth-order valence-corrected chi connectivity index (χ4v) is 3.20. The molecular formula is C21H21N3O5. The van der Waals surface area contributed by atoms with Gasteiger partial charge >= 0.3 is 5.97 Å². The van der Waals surface area contributed by atoms with E-state index in [1.165, 1.54) is 6.20 Å². The van der Waals surface area contributed by atoms with Gasteiger partial charge in [-0.05, 0) is 25.5 Å². The highest BCUT2D eigenvalue weighted by molar-refractivity contribution is 6.45. The lowest BCUT2D eigenvalue weighted by Crippen LogP contribution is -2.24. The number of pyridine rings is 1. The van der Waals surface area contributed by atoms with Gasteiger partial charge in [-0.15, -0.1) is 0 Å². The van der Waals surface area contributed by atoms with Crippen molar-refractivity contribution in [3.05, 3.63) is 59.4 Å². The van der Waals surface area contributed by atoms with Crippen LogP contribution in [0.5, 0.6) is 5.88 Å². The molecule has 1 aromatic carbocycles. The Kier molecular flexibility index (Phi) is 5.92. The number of carbonyl (C=O) groups is 3. The van der Waals surface area contributed by atoms with E-state index in [0.29, 0.717) is 23.1 Å². The maximum atomic E-state index is 12.6. The summed E-state index contributed by atoms with van der Waals surface area (Å²) < 4.78 is 12.3. The minimum absolute atomic E-state index is 0.0649. The molecule has 8 heteroatoms.